The third-order valence-electron chi connectivity index (χ3n) is 5.28. The summed E-state index contributed by atoms with van der Waals surface area (Å²) in [5.74, 6) is -2.55. The topological polar surface area (TPSA) is 128 Å². The average Bonchev–Trinajstić information content (AvgIpc) is 2.77. The van der Waals surface area contributed by atoms with Gasteiger partial charge in [0.1, 0.15) is 23.3 Å². The Hall–Kier alpha value is -3.88. The first kappa shape index (κ1) is 27.4. The van der Waals surface area contributed by atoms with Gasteiger partial charge in [-0.15, -0.1) is 0 Å². The average molecular weight is 486 g/mol. The summed E-state index contributed by atoms with van der Waals surface area (Å²) >= 11 is 0. The number of aryl methyl sites for hydroxylation is 2. The van der Waals surface area contributed by atoms with E-state index in [9.17, 15) is 29.0 Å². The number of carbonyl (C=O) groups is 3. The van der Waals surface area contributed by atoms with Crippen molar-refractivity contribution in [2.45, 2.75) is 46.6 Å². The van der Waals surface area contributed by atoms with Crippen LogP contribution in [0.25, 0.3) is 0 Å². The lowest BCUT2D eigenvalue weighted by molar-refractivity contribution is -0.136. The van der Waals surface area contributed by atoms with Crippen molar-refractivity contribution in [1.82, 2.24) is 10.6 Å². The molecule has 9 heteroatoms. The summed E-state index contributed by atoms with van der Waals surface area (Å²) < 4.78 is 13.0. The molecule has 0 aliphatic heterocycles. The maximum Gasteiger partial charge on any atom is 0.352 e. The quantitative estimate of drug-likeness (QED) is 0.328. The highest BCUT2D eigenvalue weighted by Crippen LogP contribution is 2.21. The Kier molecular flexibility index (Phi) is 9.39. The first-order valence-electron chi connectivity index (χ1n) is 11.2. The van der Waals surface area contributed by atoms with E-state index in [1.165, 1.54) is 30.3 Å². The molecule has 0 heterocycles. The lowest BCUT2D eigenvalue weighted by Crippen LogP contribution is -2.53. The van der Waals surface area contributed by atoms with Gasteiger partial charge < -0.3 is 26.2 Å². The number of aromatic hydroxyl groups is 1. The fourth-order valence-corrected chi connectivity index (χ4v) is 3.27. The molecule has 0 saturated carbocycles. The van der Waals surface area contributed by atoms with E-state index in [2.05, 4.69) is 16.0 Å². The minimum atomic E-state index is -1.33. The first-order chi connectivity index (χ1) is 16.4. The standard InChI is InChI=1S/C26H32FN3O5/c1-16-15-17(5-11-21(16)31)6-12-22(32)30-23(26(2,3)4)24(33)29-20(25(34)35)13-14-28-19-9-7-18(27)8-10-19/h5,7-11,13,15,23,28,31H,6,12,14H2,1-4H3,(H,29,33)(H,30,32)(H,34,35)/b20-13+. The van der Waals surface area contributed by atoms with E-state index in [0.29, 0.717) is 17.7 Å². The number of carboxylic acids is 1. The summed E-state index contributed by atoms with van der Waals surface area (Å²) in [4.78, 5) is 37.2. The number of rotatable bonds is 10. The van der Waals surface area contributed by atoms with Gasteiger partial charge in [0.15, 0.2) is 0 Å². The largest absolute Gasteiger partial charge is 0.508 e. The number of hydrogen-bond donors (Lipinski definition) is 5. The van der Waals surface area contributed by atoms with Gasteiger partial charge in [0.2, 0.25) is 11.8 Å². The van der Waals surface area contributed by atoms with Crippen LogP contribution in [-0.4, -0.2) is 40.6 Å². The number of phenolic OH excluding ortho intramolecular Hbond substituents is 1. The van der Waals surface area contributed by atoms with Gasteiger partial charge in [-0.05, 0) is 66.3 Å². The molecule has 0 spiro atoms. The second-order valence-corrected chi connectivity index (χ2v) is 9.29. The molecule has 0 bridgehead atoms. The zero-order valence-corrected chi connectivity index (χ0v) is 20.3. The van der Waals surface area contributed by atoms with Crippen LogP contribution < -0.4 is 16.0 Å². The predicted molar refractivity (Wildman–Crippen MR) is 131 cm³/mol. The van der Waals surface area contributed by atoms with Crippen LogP contribution in [-0.2, 0) is 20.8 Å². The highest BCUT2D eigenvalue weighted by molar-refractivity contribution is 5.96. The molecule has 0 saturated heterocycles. The molecule has 0 fully saturated rings. The zero-order valence-electron chi connectivity index (χ0n) is 20.3. The third kappa shape index (κ3) is 8.77. The molecule has 0 aromatic heterocycles. The van der Waals surface area contributed by atoms with Gasteiger partial charge >= 0.3 is 5.97 Å². The molecule has 1 atom stereocenters. The normalized spacial score (nSPS) is 12.5. The molecule has 0 radical (unpaired) electrons. The maximum atomic E-state index is 13.0. The van der Waals surface area contributed by atoms with Crippen LogP contribution >= 0.6 is 0 Å². The van der Waals surface area contributed by atoms with Gasteiger partial charge in [-0.3, -0.25) is 9.59 Å². The number of anilines is 1. The number of halogens is 1. The molecule has 2 aromatic rings. The van der Waals surface area contributed by atoms with Crippen molar-refractivity contribution in [3.05, 3.63) is 71.2 Å². The van der Waals surface area contributed by atoms with Crippen LogP contribution in [0.4, 0.5) is 10.1 Å². The Labute approximate surface area is 204 Å². The second-order valence-electron chi connectivity index (χ2n) is 9.29. The Balaban J connectivity index is 2.02. The van der Waals surface area contributed by atoms with E-state index >= 15 is 0 Å². The number of phenols is 1. The molecule has 0 aliphatic carbocycles. The molecule has 2 amide bonds. The van der Waals surface area contributed by atoms with E-state index in [4.69, 9.17) is 0 Å². The van der Waals surface area contributed by atoms with Crippen molar-refractivity contribution in [2.75, 3.05) is 11.9 Å². The number of hydrogen-bond acceptors (Lipinski definition) is 5. The van der Waals surface area contributed by atoms with Gasteiger partial charge in [-0.1, -0.05) is 32.9 Å². The Morgan fingerprint density at radius 2 is 1.74 bits per heavy atom. The highest BCUT2D eigenvalue weighted by atomic mass is 19.1. The molecule has 2 aromatic carbocycles. The van der Waals surface area contributed by atoms with Gasteiger partial charge in [-0.2, -0.15) is 0 Å². The van der Waals surface area contributed by atoms with Crippen molar-refractivity contribution in [3.63, 3.8) is 0 Å². The van der Waals surface area contributed by atoms with E-state index < -0.39 is 29.2 Å². The summed E-state index contributed by atoms with van der Waals surface area (Å²) in [6.45, 7) is 7.14. The van der Waals surface area contributed by atoms with E-state index in [0.717, 1.165) is 5.56 Å². The van der Waals surface area contributed by atoms with Crippen molar-refractivity contribution >= 4 is 23.5 Å². The third-order valence-corrected chi connectivity index (χ3v) is 5.28. The number of amides is 2. The number of nitrogens with one attached hydrogen (secondary N) is 3. The monoisotopic (exact) mass is 485 g/mol. The van der Waals surface area contributed by atoms with Gasteiger partial charge in [0.05, 0.1) is 0 Å². The SMILES string of the molecule is Cc1cc(CCC(=O)NC(C(=O)N/C(=C/CNc2ccc(F)cc2)C(=O)O)C(C)(C)C)ccc1O. The molecule has 1 unspecified atom stereocenters. The molecule has 35 heavy (non-hydrogen) atoms. The molecule has 0 aliphatic rings. The molecule has 2 rings (SSSR count). The fourth-order valence-electron chi connectivity index (χ4n) is 3.27. The number of carboxylic acid groups (broad SMARTS) is 1. The minimum Gasteiger partial charge on any atom is -0.508 e. The minimum absolute atomic E-state index is 0.0755. The van der Waals surface area contributed by atoms with Crippen molar-refractivity contribution < 1.29 is 29.0 Å². The summed E-state index contributed by atoms with van der Waals surface area (Å²) in [7, 11) is 0. The summed E-state index contributed by atoms with van der Waals surface area (Å²) in [6, 6.07) is 9.66. The second kappa shape index (κ2) is 12.0. The molecule has 188 valence electrons. The maximum absolute atomic E-state index is 13.0. The van der Waals surface area contributed by atoms with E-state index in [1.54, 1.807) is 45.9 Å². The van der Waals surface area contributed by atoms with Crippen LogP contribution in [0, 0.1) is 18.2 Å². The van der Waals surface area contributed by atoms with E-state index in [1.807, 2.05) is 0 Å². The predicted octanol–water partition coefficient (Wildman–Crippen LogP) is 3.50. The van der Waals surface area contributed by atoms with Gasteiger partial charge in [0.25, 0.3) is 0 Å². The fraction of sp³-hybridized carbons (Fsp3) is 0.346. The Bertz CT molecular complexity index is 1090. The number of aliphatic carboxylic acids is 1. The summed E-state index contributed by atoms with van der Waals surface area (Å²) in [6.07, 6.45) is 1.83. The van der Waals surface area contributed by atoms with Crippen LogP contribution in [0.5, 0.6) is 5.75 Å². The number of carbonyl (C=O) groups excluding carboxylic acids is 2. The zero-order chi connectivity index (χ0) is 26.2. The molecular weight excluding hydrogens is 453 g/mol. The molecule has 5 N–H and O–H groups in total. The first-order valence-corrected chi connectivity index (χ1v) is 11.2. The van der Waals surface area contributed by atoms with Crippen molar-refractivity contribution in [2.24, 2.45) is 5.41 Å². The smallest absolute Gasteiger partial charge is 0.352 e. The van der Waals surface area contributed by atoms with Crippen LogP contribution in [0.3, 0.4) is 0 Å². The van der Waals surface area contributed by atoms with Gasteiger partial charge in [0, 0.05) is 18.7 Å². The Morgan fingerprint density at radius 3 is 2.31 bits per heavy atom. The van der Waals surface area contributed by atoms with Crippen LogP contribution in [0.1, 0.15) is 38.3 Å². The Morgan fingerprint density at radius 1 is 1.09 bits per heavy atom. The molecular formula is C26H32FN3O5. The van der Waals surface area contributed by atoms with Crippen molar-refractivity contribution in [1.29, 1.82) is 0 Å². The van der Waals surface area contributed by atoms with Gasteiger partial charge in [-0.25, -0.2) is 9.18 Å². The lowest BCUT2D eigenvalue weighted by atomic mass is 9.86. The highest BCUT2D eigenvalue weighted by Gasteiger charge is 2.33. The summed E-state index contributed by atoms with van der Waals surface area (Å²) in [5.41, 5.74) is 1.13. The van der Waals surface area contributed by atoms with Crippen LogP contribution in [0.2, 0.25) is 0 Å². The van der Waals surface area contributed by atoms with Crippen molar-refractivity contribution in [3.8, 4) is 5.75 Å². The van der Waals surface area contributed by atoms with E-state index in [-0.39, 0.29) is 30.3 Å². The summed E-state index contributed by atoms with van der Waals surface area (Å²) in [5, 5.41) is 27.2. The lowest BCUT2D eigenvalue weighted by Gasteiger charge is -2.30. The van der Waals surface area contributed by atoms with Crippen LogP contribution in [0.15, 0.2) is 54.2 Å². The molecule has 8 nitrogen and oxygen atoms in total. The number of benzene rings is 2.